The highest BCUT2D eigenvalue weighted by Gasteiger charge is 2.05. The Morgan fingerprint density at radius 2 is 2.17 bits per heavy atom. The van der Waals surface area contributed by atoms with Crippen LogP contribution in [0, 0.1) is 0 Å². The number of nitrogens with zero attached hydrogens (tertiary/aromatic N) is 1. The van der Waals surface area contributed by atoms with Gasteiger partial charge < -0.3 is 5.32 Å². The molecule has 0 aliphatic rings. The maximum absolute atomic E-state index is 10.8. The van der Waals surface area contributed by atoms with E-state index in [1.54, 1.807) is 5.38 Å². The number of thiazole rings is 1. The van der Waals surface area contributed by atoms with Gasteiger partial charge in [0.15, 0.2) is 10.9 Å². The van der Waals surface area contributed by atoms with E-state index in [2.05, 4.69) is 10.3 Å². The molecule has 0 bridgehead atoms. The molecule has 1 heterocycles. The summed E-state index contributed by atoms with van der Waals surface area (Å²) in [5, 5.41) is 4.58. The molecule has 0 radical (unpaired) electrons. The lowest BCUT2D eigenvalue weighted by atomic mass is 10.4. The van der Waals surface area contributed by atoms with Crippen molar-refractivity contribution in [1.29, 1.82) is 0 Å². The first-order valence-corrected chi connectivity index (χ1v) is 4.21. The number of aromatic nitrogens is 1. The molecule has 0 saturated heterocycles. The van der Waals surface area contributed by atoms with E-state index in [0.29, 0.717) is 10.8 Å². The Morgan fingerprint density at radius 3 is 2.58 bits per heavy atom. The minimum Gasteiger partial charge on any atom is -0.302 e. The second-order valence-electron chi connectivity index (χ2n) is 2.28. The van der Waals surface area contributed by atoms with E-state index < -0.39 is 0 Å². The second kappa shape index (κ2) is 3.44. The zero-order valence-electron chi connectivity index (χ0n) is 6.75. The second-order valence-corrected chi connectivity index (χ2v) is 3.13. The topological polar surface area (TPSA) is 59.1 Å². The first-order chi connectivity index (χ1) is 5.59. The van der Waals surface area contributed by atoms with Crippen molar-refractivity contribution < 1.29 is 9.59 Å². The number of ketones is 1. The molecular weight excluding hydrogens is 176 g/mol. The predicted molar refractivity (Wildman–Crippen MR) is 46.4 cm³/mol. The molecular formula is C7H8N2O2S. The molecule has 0 aliphatic heterocycles. The number of anilines is 1. The number of hydrogen-bond acceptors (Lipinski definition) is 4. The fraction of sp³-hybridized carbons (Fsp3) is 0.286. The van der Waals surface area contributed by atoms with E-state index in [9.17, 15) is 9.59 Å². The molecule has 64 valence electrons. The normalized spacial score (nSPS) is 9.50. The summed E-state index contributed by atoms with van der Waals surface area (Å²) in [6.45, 7) is 2.83. The van der Waals surface area contributed by atoms with E-state index in [4.69, 9.17) is 0 Å². The molecule has 12 heavy (non-hydrogen) atoms. The molecule has 0 aliphatic carbocycles. The number of carbonyl (C=O) groups is 2. The van der Waals surface area contributed by atoms with Crippen LogP contribution in [0.2, 0.25) is 0 Å². The Kier molecular flexibility index (Phi) is 2.54. The molecule has 0 fully saturated rings. The van der Waals surface area contributed by atoms with Crippen molar-refractivity contribution in [2.75, 3.05) is 5.32 Å². The fourth-order valence-electron chi connectivity index (χ4n) is 0.643. The van der Waals surface area contributed by atoms with Crippen molar-refractivity contribution in [2.45, 2.75) is 13.8 Å². The number of nitrogens with one attached hydrogen (secondary N) is 1. The van der Waals surface area contributed by atoms with E-state index >= 15 is 0 Å². The molecule has 4 nitrogen and oxygen atoms in total. The predicted octanol–water partition coefficient (Wildman–Crippen LogP) is 1.30. The fourth-order valence-corrected chi connectivity index (χ4v) is 1.44. The van der Waals surface area contributed by atoms with Gasteiger partial charge in [-0.25, -0.2) is 4.98 Å². The minimum absolute atomic E-state index is 0.0946. The minimum atomic E-state index is -0.181. The summed E-state index contributed by atoms with van der Waals surface area (Å²) in [4.78, 5) is 25.2. The number of rotatable bonds is 2. The largest absolute Gasteiger partial charge is 0.302 e. The quantitative estimate of drug-likeness (QED) is 0.705. The molecule has 1 N–H and O–H groups in total. The molecule has 1 aromatic rings. The lowest BCUT2D eigenvalue weighted by Crippen LogP contribution is -2.05. The Hall–Kier alpha value is -1.23. The van der Waals surface area contributed by atoms with Gasteiger partial charge in [0.05, 0.1) is 0 Å². The Labute approximate surface area is 73.6 Å². The van der Waals surface area contributed by atoms with Crippen LogP contribution in [0.1, 0.15) is 24.3 Å². The summed E-state index contributed by atoms with van der Waals surface area (Å²) in [7, 11) is 0. The SMILES string of the molecule is CC(=O)Nc1nc(C(C)=O)cs1. The van der Waals surface area contributed by atoms with Crippen LogP contribution in [0.15, 0.2) is 5.38 Å². The van der Waals surface area contributed by atoms with Crippen LogP contribution in [-0.4, -0.2) is 16.7 Å². The molecule has 5 heteroatoms. The third-order valence-corrected chi connectivity index (χ3v) is 1.91. The first kappa shape index (κ1) is 8.86. The van der Waals surface area contributed by atoms with Gasteiger partial charge >= 0.3 is 0 Å². The molecule has 0 unspecified atom stereocenters. The monoisotopic (exact) mass is 184 g/mol. The number of hydrogen-bond donors (Lipinski definition) is 1. The highest BCUT2D eigenvalue weighted by atomic mass is 32.1. The summed E-state index contributed by atoms with van der Waals surface area (Å²) in [5.74, 6) is -0.276. The van der Waals surface area contributed by atoms with Gasteiger partial charge in [-0.05, 0) is 0 Å². The third-order valence-electron chi connectivity index (χ3n) is 1.15. The van der Waals surface area contributed by atoms with Crippen LogP contribution < -0.4 is 5.32 Å². The van der Waals surface area contributed by atoms with Crippen LogP contribution in [0.5, 0.6) is 0 Å². The number of Topliss-reactive ketones (excluding diaryl/α,β-unsaturated/α-hetero) is 1. The summed E-state index contributed by atoms with van der Waals surface area (Å²) in [6, 6.07) is 0. The highest BCUT2D eigenvalue weighted by molar-refractivity contribution is 7.14. The van der Waals surface area contributed by atoms with Crippen LogP contribution in [-0.2, 0) is 4.79 Å². The van der Waals surface area contributed by atoms with Gasteiger partial charge in [0, 0.05) is 19.2 Å². The van der Waals surface area contributed by atoms with Crippen LogP contribution >= 0.6 is 11.3 Å². The summed E-state index contributed by atoms with van der Waals surface area (Å²) in [5.41, 5.74) is 0.392. The van der Waals surface area contributed by atoms with E-state index in [1.165, 1.54) is 25.2 Å². The Morgan fingerprint density at radius 1 is 1.50 bits per heavy atom. The summed E-state index contributed by atoms with van der Waals surface area (Å²) < 4.78 is 0. The lowest BCUT2D eigenvalue weighted by Gasteiger charge is -1.92. The number of amides is 1. The van der Waals surface area contributed by atoms with Crippen molar-refractivity contribution in [2.24, 2.45) is 0 Å². The molecule has 0 atom stereocenters. The van der Waals surface area contributed by atoms with E-state index in [1.807, 2.05) is 0 Å². The Balaban J connectivity index is 2.77. The molecule has 1 rings (SSSR count). The van der Waals surface area contributed by atoms with Gasteiger partial charge in [-0.2, -0.15) is 0 Å². The van der Waals surface area contributed by atoms with Gasteiger partial charge in [-0.3, -0.25) is 9.59 Å². The van der Waals surface area contributed by atoms with E-state index in [0.717, 1.165) is 0 Å². The molecule has 1 aromatic heterocycles. The van der Waals surface area contributed by atoms with Gasteiger partial charge in [-0.1, -0.05) is 0 Å². The lowest BCUT2D eigenvalue weighted by molar-refractivity contribution is -0.114. The smallest absolute Gasteiger partial charge is 0.223 e. The third kappa shape index (κ3) is 2.13. The van der Waals surface area contributed by atoms with E-state index in [-0.39, 0.29) is 11.7 Å². The van der Waals surface area contributed by atoms with Gasteiger partial charge in [-0.15, -0.1) is 11.3 Å². The average molecular weight is 184 g/mol. The van der Waals surface area contributed by atoms with Crippen LogP contribution in [0.25, 0.3) is 0 Å². The Bertz CT molecular complexity index is 319. The summed E-state index contributed by atoms with van der Waals surface area (Å²) >= 11 is 1.24. The van der Waals surface area contributed by atoms with Crippen molar-refractivity contribution in [3.05, 3.63) is 11.1 Å². The van der Waals surface area contributed by atoms with Gasteiger partial charge in [0.2, 0.25) is 5.91 Å². The van der Waals surface area contributed by atoms with Gasteiger partial charge in [0.25, 0.3) is 0 Å². The van der Waals surface area contributed by atoms with Gasteiger partial charge in [0.1, 0.15) is 5.69 Å². The average Bonchev–Trinajstić information content (AvgIpc) is 2.34. The number of carbonyl (C=O) groups excluding carboxylic acids is 2. The van der Waals surface area contributed by atoms with Crippen LogP contribution in [0.3, 0.4) is 0 Å². The van der Waals surface area contributed by atoms with Crippen molar-refractivity contribution in [3.63, 3.8) is 0 Å². The maximum Gasteiger partial charge on any atom is 0.223 e. The van der Waals surface area contributed by atoms with Crippen LogP contribution in [0.4, 0.5) is 5.13 Å². The zero-order chi connectivity index (χ0) is 9.14. The highest BCUT2D eigenvalue weighted by Crippen LogP contribution is 2.15. The molecule has 0 spiro atoms. The van der Waals surface area contributed by atoms with Crippen molar-refractivity contribution >= 4 is 28.2 Å². The molecule has 0 aromatic carbocycles. The molecule has 0 saturated carbocycles. The van der Waals surface area contributed by atoms with Crippen molar-refractivity contribution in [3.8, 4) is 0 Å². The summed E-state index contributed by atoms with van der Waals surface area (Å²) in [6.07, 6.45) is 0. The molecule has 1 amide bonds. The zero-order valence-corrected chi connectivity index (χ0v) is 7.57. The van der Waals surface area contributed by atoms with Crippen molar-refractivity contribution in [1.82, 2.24) is 4.98 Å². The first-order valence-electron chi connectivity index (χ1n) is 3.33. The standard InChI is InChI=1S/C7H8N2O2S/c1-4(10)6-3-12-7(9-6)8-5(2)11/h3H,1-2H3,(H,8,9,11). The maximum atomic E-state index is 10.8.